The van der Waals surface area contributed by atoms with Crippen molar-refractivity contribution >= 4 is 23.6 Å². The average Bonchev–Trinajstić information content (AvgIpc) is 2.57. The van der Waals surface area contributed by atoms with E-state index in [1.165, 1.54) is 16.7 Å². The van der Waals surface area contributed by atoms with E-state index in [2.05, 4.69) is 0 Å². The van der Waals surface area contributed by atoms with Gasteiger partial charge in [-0.15, -0.1) is 0 Å². The Kier molecular flexibility index (Phi) is 3.58. The zero-order chi connectivity index (χ0) is 12.4. The number of hydrogen-bond acceptors (Lipinski definition) is 5. The summed E-state index contributed by atoms with van der Waals surface area (Å²) in [4.78, 5) is 23.6. The number of amides is 1. The second-order valence-corrected chi connectivity index (χ2v) is 4.87. The highest BCUT2D eigenvalue weighted by Crippen LogP contribution is 2.36. The van der Waals surface area contributed by atoms with Crippen LogP contribution in [0, 0.1) is 0 Å². The van der Waals surface area contributed by atoms with Crippen molar-refractivity contribution in [1.29, 1.82) is 0 Å². The number of rotatable bonds is 5. The van der Waals surface area contributed by atoms with Gasteiger partial charge in [-0.1, -0.05) is 0 Å². The molecule has 0 aromatic rings. The Hall–Kier alpha value is -1.21. The van der Waals surface area contributed by atoms with Gasteiger partial charge in [0.25, 0.3) is 0 Å². The zero-order valence-electron chi connectivity index (χ0n) is 9.04. The average molecular weight is 259 g/mol. The number of carbonyl (C=O) groups is 2. The lowest BCUT2D eigenvalue weighted by Crippen LogP contribution is -2.54. The first-order chi connectivity index (χ1) is 8.15. The normalized spacial score (nSPS) is 28.9. The van der Waals surface area contributed by atoms with Crippen molar-refractivity contribution in [3.63, 3.8) is 0 Å². The van der Waals surface area contributed by atoms with Gasteiger partial charge in [0.2, 0.25) is 5.91 Å². The van der Waals surface area contributed by atoms with Crippen molar-refractivity contribution in [3.8, 4) is 0 Å². The van der Waals surface area contributed by atoms with E-state index in [4.69, 9.17) is 14.9 Å². The molecule has 17 heavy (non-hydrogen) atoms. The van der Waals surface area contributed by atoms with Gasteiger partial charge in [0.05, 0.1) is 13.0 Å². The van der Waals surface area contributed by atoms with Gasteiger partial charge in [-0.3, -0.25) is 9.69 Å². The molecule has 0 aliphatic carbocycles. The molecule has 2 heterocycles. The first kappa shape index (κ1) is 12.3. The number of aliphatic carboxylic acids is 1. The van der Waals surface area contributed by atoms with Crippen LogP contribution in [-0.4, -0.2) is 57.4 Å². The predicted octanol–water partition coefficient (Wildman–Crippen LogP) is -0.362. The third kappa shape index (κ3) is 2.25. The summed E-state index contributed by atoms with van der Waals surface area (Å²) in [5.41, 5.74) is 0. The van der Waals surface area contributed by atoms with Gasteiger partial charge >= 0.3 is 5.97 Å². The molecule has 7 heteroatoms. The molecule has 0 aromatic carbocycles. The number of β-lactam (4-membered cyclic amide) rings is 1. The maximum Gasteiger partial charge on any atom is 0.334 e. The number of ether oxygens (including phenoxy) is 1. The Labute approximate surface area is 102 Å². The van der Waals surface area contributed by atoms with Gasteiger partial charge in [0.15, 0.2) is 12.3 Å². The van der Waals surface area contributed by atoms with E-state index in [-0.39, 0.29) is 18.9 Å². The van der Waals surface area contributed by atoms with Gasteiger partial charge in [-0.25, -0.2) is 4.79 Å². The lowest BCUT2D eigenvalue weighted by Gasteiger charge is -2.33. The minimum atomic E-state index is -1.07. The van der Waals surface area contributed by atoms with E-state index in [0.29, 0.717) is 17.3 Å². The van der Waals surface area contributed by atoms with Gasteiger partial charge in [0, 0.05) is 11.5 Å². The highest BCUT2D eigenvalue weighted by atomic mass is 32.2. The molecule has 2 aliphatic heterocycles. The first-order valence-corrected chi connectivity index (χ1v) is 6.40. The smallest absolute Gasteiger partial charge is 0.334 e. The number of thioether (sulfide) groups is 1. The molecule has 2 fully saturated rings. The molecule has 2 unspecified atom stereocenters. The van der Waals surface area contributed by atoms with Crippen LogP contribution in [-0.2, 0) is 14.3 Å². The standard InChI is InChI=1S/C10H13NO5S/c12-2-4-17-3-1-6-9(10(14)15)11-7(13)5-8(11)16-6/h1,8-9,12H,2-5H2,(H,14,15). The van der Waals surface area contributed by atoms with Crippen molar-refractivity contribution in [2.75, 3.05) is 18.1 Å². The molecule has 6 nitrogen and oxygen atoms in total. The van der Waals surface area contributed by atoms with Crippen LogP contribution in [0.25, 0.3) is 0 Å². The molecule has 2 rings (SSSR count). The SMILES string of the molecule is O=C(O)C1C(=CCSCCO)OC2CC(=O)N21. The lowest BCUT2D eigenvalue weighted by atomic mass is 10.1. The van der Waals surface area contributed by atoms with E-state index < -0.39 is 18.2 Å². The molecule has 0 aromatic heterocycles. The second-order valence-electron chi connectivity index (χ2n) is 3.72. The maximum atomic E-state index is 11.3. The molecule has 2 N–H and O–H groups in total. The number of nitrogens with zero attached hydrogens (tertiary/aromatic N) is 1. The molecule has 2 atom stereocenters. The lowest BCUT2D eigenvalue weighted by molar-refractivity contribution is -0.163. The van der Waals surface area contributed by atoms with Crippen molar-refractivity contribution in [2.24, 2.45) is 0 Å². The van der Waals surface area contributed by atoms with Crippen LogP contribution in [0.3, 0.4) is 0 Å². The Balaban J connectivity index is 2.01. The molecule has 0 saturated carbocycles. The summed E-state index contributed by atoms with van der Waals surface area (Å²) in [5, 5.41) is 17.7. The number of aliphatic hydroxyl groups excluding tert-OH is 1. The van der Waals surface area contributed by atoms with Crippen LogP contribution in [0.15, 0.2) is 11.8 Å². The number of hydrogen-bond donors (Lipinski definition) is 2. The highest BCUT2D eigenvalue weighted by Gasteiger charge is 2.53. The van der Waals surface area contributed by atoms with Gasteiger partial charge in [-0.05, 0) is 6.08 Å². The van der Waals surface area contributed by atoms with Gasteiger partial charge in [0.1, 0.15) is 5.76 Å². The molecule has 2 saturated heterocycles. The van der Waals surface area contributed by atoms with Crippen LogP contribution in [0.5, 0.6) is 0 Å². The van der Waals surface area contributed by atoms with E-state index in [1.54, 1.807) is 6.08 Å². The van der Waals surface area contributed by atoms with Crippen LogP contribution in [0.4, 0.5) is 0 Å². The van der Waals surface area contributed by atoms with E-state index in [9.17, 15) is 9.59 Å². The fourth-order valence-electron chi connectivity index (χ4n) is 1.86. The highest BCUT2D eigenvalue weighted by molar-refractivity contribution is 7.99. The fourth-order valence-corrected chi connectivity index (χ4v) is 2.44. The maximum absolute atomic E-state index is 11.3. The Morgan fingerprint density at radius 1 is 1.65 bits per heavy atom. The number of carboxylic acids is 1. The summed E-state index contributed by atoms with van der Waals surface area (Å²) >= 11 is 1.47. The molecular formula is C10H13NO5S. The summed E-state index contributed by atoms with van der Waals surface area (Å²) in [5.74, 6) is 0.230. The van der Waals surface area contributed by atoms with E-state index in [0.717, 1.165) is 0 Å². The molecule has 2 aliphatic rings. The molecule has 1 amide bonds. The topological polar surface area (TPSA) is 87.1 Å². The molecule has 0 radical (unpaired) electrons. The molecular weight excluding hydrogens is 246 g/mol. The van der Waals surface area contributed by atoms with Gasteiger partial charge < -0.3 is 14.9 Å². The number of fused-ring (bicyclic) bond motifs is 1. The number of aliphatic hydroxyl groups is 1. The van der Waals surface area contributed by atoms with Crippen molar-refractivity contribution in [3.05, 3.63) is 11.8 Å². The number of carbonyl (C=O) groups excluding carboxylic acids is 1. The largest absolute Gasteiger partial charge is 0.479 e. The van der Waals surface area contributed by atoms with Gasteiger partial charge in [-0.2, -0.15) is 11.8 Å². The monoisotopic (exact) mass is 259 g/mol. The molecule has 0 bridgehead atoms. The van der Waals surface area contributed by atoms with Crippen LogP contribution >= 0.6 is 11.8 Å². The minimum Gasteiger partial charge on any atom is -0.479 e. The van der Waals surface area contributed by atoms with Crippen LogP contribution in [0.1, 0.15) is 6.42 Å². The van der Waals surface area contributed by atoms with Crippen LogP contribution in [0.2, 0.25) is 0 Å². The summed E-state index contributed by atoms with van der Waals surface area (Å²) in [7, 11) is 0. The summed E-state index contributed by atoms with van der Waals surface area (Å²) < 4.78 is 5.39. The molecule has 0 spiro atoms. The zero-order valence-corrected chi connectivity index (χ0v) is 9.85. The second kappa shape index (κ2) is 4.97. The fraction of sp³-hybridized carbons (Fsp3) is 0.600. The van der Waals surface area contributed by atoms with Crippen molar-refractivity contribution in [1.82, 2.24) is 4.90 Å². The minimum absolute atomic E-state index is 0.0876. The third-order valence-electron chi connectivity index (χ3n) is 2.64. The third-order valence-corrected chi connectivity index (χ3v) is 3.51. The molecule has 94 valence electrons. The van der Waals surface area contributed by atoms with E-state index in [1.807, 2.05) is 0 Å². The van der Waals surface area contributed by atoms with Crippen molar-refractivity contribution < 1.29 is 24.5 Å². The predicted molar refractivity (Wildman–Crippen MR) is 60.3 cm³/mol. The summed E-state index contributed by atoms with van der Waals surface area (Å²) in [6.45, 7) is 0.0876. The van der Waals surface area contributed by atoms with Crippen molar-refractivity contribution in [2.45, 2.75) is 18.7 Å². The quantitative estimate of drug-likeness (QED) is 0.518. The Bertz CT molecular complexity index is 370. The number of carboxylic acid groups (broad SMARTS) is 1. The first-order valence-electron chi connectivity index (χ1n) is 5.24. The summed E-state index contributed by atoms with van der Waals surface area (Å²) in [6.07, 6.45) is 1.52. The summed E-state index contributed by atoms with van der Waals surface area (Å²) in [6, 6.07) is -0.976. The van der Waals surface area contributed by atoms with Crippen LogP contribution < -0.4 is 0 Å². The Morgan fingerprint density at radius 3 is 3.00 bits per heavy atom. The van der Waals surface area contributed by atoms with E-state index >= 15 is 0 Å². The Morgan fingerprint density at radius 2 is 2.41 bits per heavy atom.